The third-order valence-electron chi connectivity index (χ3n) is 1.93. The van der Waals surface area contributed by atoms with Crippen LogP contribution in [0, 0.1) is 6.92 Å². The molecule has 0 aliphatic carbocycles. The van der Waals surface area contributed by atoms with Gasteiger partial charge in [-0.1, -0.05) is 12.1 Å². The number of fused-ring (bicyclic) bond motifs is 1. The molecule has 4 heteroatoms. The van der Waals surface area contributed by atoms with E-state index in [1.165, 1.54) is 0 Å². The van der Waals surface area contributed by atoms with Crippen LogP contribution >= 0.6 is 11.3 Å². The molecule has 64 valence electrons. The van der Waals surface area contributed by atoms with E-state index in [4.69, 9.17) is 10.3 Å². The second-order valence-electron chi connectivity index (χ2n) is 2.71. The molecule has 2 aromatic heterocycles. The summed E-state index contributed by atoms with van der Waals surface area (Å²) in [5.41, 5.74) is 8.29. The van der Waals surface area contributed by atoms with Crippen LogP contribution in [0.25, 0.3) is 10.3 Å². The molecule has 3 nitrogen and oxygen atoms in total. The van der Waals surface area contributed by atoms with E-state index in [1.54, 1.807) is 11.3 Å². The Morgan fingerprint density at radius 3 is 3.00 bits per heavy atom. The number of anilines is 1. The third kappa shape index (κ3) is 0.845. The molecule has 0 aliphatic heterocycles. The number of hydrogen-bond acceptors (Lipinski definition) is 4. The topological polar surface area (TPSA) is 52.0 Å². The van der Waals surface area contributed by atoms with Crippen LogP contribution in [0.3, 0.4) is 0 Å². The summed E-state index contributed by atoms with van der Waals surface area (Å²) in [4.78, 5) is 1.11. The quantitative estimate of drug-likeness (QED) is 0.736. The number of aromatic nitrogens is 1. The predicted octanol–water partition coefficient (Wildman–Crippen LogP) is 2.34. The summed E-state index contributed by atoms with van der Waals surface area (Å²) in [5.74, 6) is 0. The van der Waals surface area contributed by atoms with E-state index in [0.29, 0.717) is 0 Å². The standard InChI is InChI=1S/C8H10N2OS/c1-3-5-8-7(11-10-5)6(9)4(2)12-8/h3,9H2,1-2H3. The van der Waals surface area contributed by atoms with Crippen molar-refractivity contribution in [3.63, 3.8) is 0 Å². The number of nitrogens with zero attached hydrogens (tertiary/aromatic N) is 1. The number of rotatable bonds is 1. The van der Waals surface area contributed by atoms with E-state index in [1.807, 2.05) is 6.92 Å². The SMILES string of the molecule is CCc1noc2c(N)c(C)sc12. The Morgan fingerprint density at radius 2 is 2.33 bits per heavy atom. The van der Waals surface area contributed by atoms with Gasteiger partial charge in [-0.05, 0) is 13.3 Å². The Bertz CT molecular complexity index is 416. The lowest BCUT2D eigenvalue weighted by molar-refractivity contribution is 0.448. The highest BCUT2D eigenvalue weighted by Gasteiger charge is 2.14. The lowest BCUT2D eigenvalue weighted by Gasteiger charge is -1.84. The average Bonchev–Trinajstić information content (AvgIpc) is 2.55. The highest BCUT2D eigenvalue weighted by Crippen LogP contribution is 2.35. The van der Waals surface area contributed by atoms with Crippen LogP contribution < -0.4 is 5.73 Å². The number of nitrogens with two attached hydrogens (primary N) is 1. The van der Waals surface area contributed by atoms with Gasteiger partial charge in [-0.3, -0.25) is 0 Å². The Morgan fingerprint density at radius 1 is 1.58 bits per heavy atom. The minimum atomic E-state index is 0.738. The summed E-state index contributed by atoms with van der Waals surface area (Å²) in [7, 11) is 0. The molecule has 0 atom stereocenters. The molecule has 2 N–H and O–H groups in total. The Hall–Kier alpha value is -1.03. The van der Waals surface area contributed by atoms with Crippen LogP contribution in [0.2, 0.25) is 0 Å². The van der Waals surface area contributed by atoms with Crippen molar-refractivity contribution in [2.75, 3.05) is 5.73 Å². The molecule has 0 aliphatic rings. The molecule has 0 radical (unpaired) electrons. The number of thiophene rings is 1. The van der Waals surface area contributed by atoms with E-state index in [2.05, 4.69) is 12.1 Å². The minimum absolute atomic E-state index is 0.738. The van der Waals surface area contributed by atoms with Gasteiger partial charge < -0.3 is 10.3 Å². The van der Waals surface area contributed by atoms with Crippen molar-refractivity contribution in [1.82, 2.24) is 5.16 Å². The normalized spacial score (nSPS) is 11.2. The molecular formula is C8H10N2OS. The fourth-order valence-electron chi connectivity index (χ4n) is 1.18. The smallest absolute Gasteiger partial charge is 0.201 e. The van der Waals surface area contributed by atoms with Crippen molar-refractivity contribution in [3.8, 4) is 0 Å². The van der Waals surface area contributed by atoms with E-state index < -0.39 is 0 Å². The monoisotopic (exact) mass is 182 g/mol. The van der Waals surface area contributed by atoms with Gasteiger partial charge in [-0.2, -0.15) is 0 Å². The van der Waals surface area contributed by atoms with Crippen molar-refractivity contribution in [2.24, 2.45) is 0 Å². The number of nitrogen functional groups attached to an aromatic ring is 1. The van der Waals surface area contributed by atoms with Crippen molar-refractivity contribution < 1.29 is 4.52 Å². The van der Waals surface area contributed by atoms with Crippen molar-refractivity contribution in [3.05, 3.63) is 10.6 Å². The number of hydrogen-bond donors (Lipinski definition) is 1. The maximum absolute atomic E-state index is 5.78. The predicted molar refractivity (Wildman–Crippen MR) is 50.4 cm³/mol. The summed E-state index contributed by atoms with van der Waals surface area (Å²) in [6, 6.07) is 0. The van der Waals surface area contributed by atoms with Gasteiger partial charge in [0, 0.05) is 4.88 Å². The molecule has 0 saturated carbocycles. The second kappa shape index (κ2) is 2.48. The zero-order chi connectivity index (χ0) is 8.72. The molecule has 0 amide bonds. The molecule has 2 rings (SSSR count). The summed E-state index contributed by atoms with van der Waals surface area (Å²) in [5, 5.41) is 3.93. The van der Waals surface area contributed by atoms with Crippen LogP contribution in [-0.4, -0.2) is 5.16 Å². The first-order valence-corrected chi connectivity index (χ1v) is 4.68. The summed E-state index contributed by atoms with van der Waals surface area (Å²) >= 11 is 1.66. The molecule has 2 aromatic rings. The largest absolute Gasteiger partial charge is 0.395 e. The first-order chi connectivity index (χ1) is 5.74. The molecule has 12 heavy (non-hydrogen) atoms. The zero-order valence-electron chi connectivity index (χ0n) is 7.05. The van der Waals surface area contributed by atoms with Gasteiger partial charge in [0.05, 0.1) is 10.4 Å². The van der Waals surface area contributed by atoms with Gasteiger partial charge in [0.2, 0.25) is 5.58 Å². The van der Waals surface area contributed by atoms with Crippen LogP contribution in [0.5, 0.6) is 0 Å². The molecule has 0 spiro atoms. The molecule has 2 heterocycles. The van der Waals surface area contributed by atoms with Gasteiger partial charge >= 0.3 is 0 Å². The van der Waals surface area contributed by atoms with E-state index in [0.717, 1.165) is 33.0 Å². The second-order valence-corrected chi connectivity index (χ2v) is 3.94. The molecule has 0 saturated heterocycles. The average molecular weight is 182 g/mol. The maximum atomic E-state index is 5.78. The van der Waals surface area contributed by atoms with Gasteiger partial charge in [0.1, 0.15) is 5.69 Å². The van der Waals surface area contributed by atoms with E-state index >= 15 is 0 Å². The summed E-state index contributed by atoms with van der Waals surface area (Å²) < 4.78 is 6.23. The Labute approximate surface area is 74.2 Å². The van der Waals surface area contributed by atoms with E-state index in [9.17, 15) is 0 Å². The fraction of sp³-hybridized carbons (Fsp3) is 0.375. The Balaban J connectivity index is 2.79. The minimum Gasteiger partial charge on any atom is -0.395 e. The van der Waals surface area contributed by atoms with Crippen LogP contribution in [-0.2, 0) is 6.42 Å². The zero-order valence-corrected chi connectivity index (χ0v) is 7.86. The van der Waals surface area contributed by atoms with Gasteiger partial charge in [0.25, 0.3) is 0 Å². The highest BCUT2D eigenvalue weighted by atomic mass is 32.1. The van der Waals surface area contributed by atoms with E-state index in [-0.39, 0.29) is 0 Å². The van der Waals surface area contributed by atoms with Gasteiger partial charge in [-0.25, -0.2) is 0 Å². The van der Waals surface area contributed by atoms with Crippen molar-refractivity contribution >= 4 is 27.3 Å². The molecule has 0 unspecified atom stereocenters. The van der Waals surface area contributed by atoms with Crippen molar-refractivity contribution in [2.45, 2.75) is 20.3 Å². The molecular weight excluding hydrogens is 172 g/mol. The summed E-state index contributed by atoms with van der Waals surface area (Å²) in [6.07, 6.45) is 0.895. The maximum Gasteiger partial charge on any atom is 0.201 e. The first-order valence-electron chi connectivity index (χ1n) is 3.87. The van der Waals surface area contributed by atoms with Gasteiger partial charge in [0.15, 0.2) is 0 Å². The van der Waals surface area contributed by atoms with Crippen LogP contribution in [0.4, 0.5) is 5.69 Å². The van der Waals surface area contributed by atoms with Crippen LogP contribution in [0.15, 0.2) is 4.52 Å². The fourth-order valence-corrected chi connectivity index (χ4v) is 2.23. The molecule has 0 aromatic carbocycles. The first kappa shape index (κ1) is 7.61. The molecule has 0 bridgehead atoms. The lowest BCUT2D eigenvalue weighted by Crippen LogP contribution is -1.81. The molecule has 0 fully saturated rings. The van der Waals surface area contributed by atoms with Crippen molar-refractivity contribution in [1.29, 1.82) is 0 Å². The Kier molecular flexibility index (Phi) is 1.58. The number of aryl methyl sites for hydroxylation is 2. The van der Waals surface area contributed by atoms with Crippen LogP contribution in [0.1, 0.15) is 17.5 Å². The third-order valence-corrected chi connectivity index (χ3v) is 3.08. The lowest BCUT2D eigenvalue weighted by atomic mass is 10.3. The highest BCUT2D eigenvalue weighted by molar-refractivity contribution is 7.19. The van der Waals surface area contributed by atoms with Gasteiger partial charge in [-0.15, -0.1) is 11.3 Å². The summed E-state index contributed by atoms with van der Waals surface area (Å²) in [6.45, 7) is 4.05.